The molecule has 9 heavy (non-hydrogen) atoms. The van der Waals surface area contributed by atoms with E-state index in [-0.39, 0.29) is 13.2 Å². The fourth-order valence-electron chi connectivity index (χ4n) is 0.316. The van der Waals surface area contributed by atoms with Crippen LogP contribution in [-0.2, 0) is 4.74 Å². The molecule has 0 aliphatic rings. The van der Waals surface area contributed by atoms with E-state index in [9.17, 15) is 0 Å². The molecule has 0 spiro atoms. The third-order valence-corrected chi connectivity index (χ3v) is 0.732. The van der Waals surface area contributed by atoms with Crippen LogP contribution in [0.4, 0.5) is 0 Å². The minimum Gasteiger partial charge on any atom is -0.499 e. The maximum absolute atomic E-state index is 8.68. The Morgan fingerprint density at radius 2 is 2.33 bits per heavy atom. The highest BCUT2D eigenvalue weighted by atomic mass is 16.5. The molecule has 0 aliphatic carbocycles. The minimum absolute atomic E-state index is 0.154. The minimum atomic E-state index is -0.763. The second kappa shape index (κ2) is 5.59. The van der Waals surface area contributed by atoms with Crippen LogP contribution in [0.5, 0.6) is 0 Å². The fraction of sp³-hybridized carbons (Fsp3) is 0.667. The van der Waals surface area contributed by atoms with Gasteiger partial charge in [-0.15, -0.1) is 0 Å². The number of ether oxygens (including phenoxy) is 1. The summed E-state index contributed by atoms with van der Waals surface area (Å²) in [4.78, 5) is 0. The van der Waals surface area contributed by atoms with Crippen molar-refractivity contribution in [2.75, 3.05) is 13.2 Å². The summed E-state index contributed by atoms with van der Waals surface area (Å²) in [5.74, 6) is 0. The zero-order valence-corrected chi connectivity index (χ0v) is 5.45. The highest BCUT2D eigenvalue weighted by Crippen LogP contribution is 1.83. The summed E-state index contributed by atoms with van der Waals surface area (Å²) in [5.41, 5.74) is 0. The zero-order valence-electron chi connectivity index (χ0n) is 5.45. The highest BCUT2D eigenvalue weighted by molar-refractivity contribution is 4.66. The molecular weight excluding hydrogens is 120 g/mol. The molecule has 0 radical (unpaired) electrons. The van der Waals surface area contributed by atoms with Crippen LogP contribution >= 0.6 is 0 Å². The second-order valence-corrected chi connectivity index (χ2v) is 1.64. The van der Waals surface area contributed by atoms with Crippen molar-refractivity contribution in [2.45, 2.75) is 13.0 Å². The second-order valence-electron chi connectivity index (χ2n) is 1.64. The van der Waals surface area contributed by atoms with Crippen molar-refractivity contribution in [1.29, 1.82) is 0 Å². The molecule has 0 rings (SSSR count). The van der Waals surface area contributed by atoms with E-state index < -0.39 is 6.10 Å². The zero-order chi connectivity index (χ0) is 7.11. The number of hydrogen-bond acceptors (Lipinski definition) is 3. The standard InChI is InChI=1S/C6H12O3/c1-2-3-9-5-6(8)4-7/h2-3,6-8H,4-5H2,1H3/b3-2-. The largest absolute Gasteiger partial charge is 0.499 e. The topological polar surface area (TPSA) is 49.7 Å². The molecule has 0 saturated carbocycles. The molecule has 0 aliphatic heterocycles. The summed E-state index contributed by atoms with van der Waals surface area (Å²) in [7, 11) is 0. The number of aliphatic hydroxyl groups excluding tert-OH is 2. The Hall–Kier alpha value is -0.540. The van der Waals surface area contributed by atoms with Gasteiger partial charge < -0.3 is 14.9 Å². The van der Waals surface area contributed by atoms with Gasteiger partial charge in [0.15, 0.2) is 0 Å². The quantitative estimate of drug-likeness (QED) is 0.525. The molecule has 54 valence electrons. The van der Waals surface area contributed by atoms with Crippen LogP contribution in [0.2, 0.25) is 0 Å². The van der Waals surface area contributed by atoms with Gasteiger partial charge in [0.1, 0.15) is 12.7 Å². The van der Waals surface area contributed by atoms with Crippen LogP contribution in [0.15, 0.2) is 12.3 Å². The van der Waals surface area contributed by atoms with E-state index in [2.05, 4.69) is 0 Å². The van der Waals surface area contributed by atoms with Gasteiger partial charge in [0, 0.05) is 0 Å². The molecular formula is C6H12O3. The molecule has 0 aromatic rings. The first kappa shape index (κ1) is 8.46. The van der Waals surface area contributed by atoms with E-state index in [0.717, 1.165) is 0 Å². The Morgan fingerprint density at radius 1 is 1.67 bits per heavy atom. The number of hydrogen-bond donors (Lipinski definition) is 2. The molecule has 0 aromatic carbocycles. The van der Waals surface area contributed by atoms with Crippen molar-refractivity contribution in [3.63, 3.8) is 0 Å². The molecule has 0 aromatic heterocycles. The van der Waals surface area contributed by atoms with Gasteiger partial charge in [-0.05, 0) is 6.92 Å². The summed E-state index contributed by atoms with van der Waals surface area (Å²) in [6.07, 6.45) is 2.42. The van der Waals surface area contributed by atoms with Gasteiger partial charge in [-0.2, -0.15) is 0 Å². The van der Waals surface area contributed by atoms with E-state index in [0.29, 0.717) is 0 Å². The molecule has 3 nitrogen and oxygen atoms in total. The predicted molar refractivity (Wildman–Crippen MR) is 33.9 cm³/mol. The lowest BCUT2D eigenvalue weighted by Crippen LogP contribution is -2.17. The van der Waals surface area contributed by atoms with Crippen LogP contribution in [0.25, 0.3) is 0 Å². The van der Waals surface area contributed by atoms with Crippen molar-refractivity contribution < 1.29 is 14.9 Å². The predicted octanol–water partition coefficient (Wildman–Crippen LogP) is -0.110. The number of allylic oxidation sites excluding steroid dienone is 1. The van der Waals surface area contributed by atoms with Gasteiger partial charge >= 0.3 is 0 Å². The fourth-order valence-corrected chi connectivity index (χ4v) is 0.316. The molecule has 0 saturated heterocycles. The number of rotatable bonds is 4. The van der Waals surface area contributed by atoms with Gasteiger partial charge in [0.2, 0.25) is 0 Å². The van der Waals surface area contributed by atoms with Crippen molar-refractivity contribution in [2.24, 2.45) is 0 Å². The smallest absolute Gasteiger partial charge is 0.115 e. The van der Waals surface area contributed by atoms with Crippen molar-refractivity contribution in [1.82, 2.24) is 0 Å². The average molecular weight is 132 g/mol. The van der Waals surface area contributed by atoms with Crippen molar-refractivity contribution in [3.05, 3.63) is 12.3 Å². The molecule has 0 bridgehead atoms. The van der Waals surface area contributed by atoms with E-state index >= 15 is 0 Å². The highest BCUT2D eigenvalue weighted by Gasteiger charge is 1.98. The Morgan fingerprint density at radius 3 is 2.78 bits per heavy atom. The number of aliphatic hydroxyl groups is 2. The van der Waals surface area contributed by atoms with E-state index in [1.165, 1.54) is 6.26 Å². The molecule has 3 heteroatoms. The van der Waals surface area contributed by atoms with E-state index in [1.807, 2.05) is 6.92 Å². The molecule has 1 unspecified atom stereocenters. The molecule has 0 heterocycles. The van der Waals surface area contributed by atoms with Crippen LogP contribution in [0, 0.1) is 0 Å². The van der Waals surface area contributed by atoms with E-state index in [4.69, 9.17) is 14.9 Å². The summed E-state index contributed by atoms with van der Waals surface area (Å²) >= 11 is 0. The third-order valence-electron chi connectivity index (χ3n) is 0.732. The first-order chi connectivity index (χ1) is 4.31. The Balaban J connectivity index is 3.06. The summed E-state index contributed by atoms with van der Waals surface area (Å²) in [5, 5.41) is 17.0. The van der Waals surface area contributed by atoms with Gasteiger partial charge in [0.05, 0.1) is 12.9 Å². The van der Waals surface area contributed by atoms with Crippen LogP contribution < -0.4 is 0 Å². The van der Waals surface area contributed by atoms with Gasteiger partial charge in [-0.25, -0.2) is 0 Å². The van der Waals surface area contributed by atoms with Crippen molar-refractivity contribution in [3.8, 4) is 0 Å². The van der Waals surface area contributed by atoms with Crippen LogP contribution in [-0.4, -0.2) is 29.5 Å². The maximum Gasteiger partial charge on any atom is 0.115 e. The SMILES string of the molecule is C/C=C\OCC(O)CO. The lowest BCUT2D eigenvalue weighted by atomic mass is 10.4. The third kappa shape index (κ3) is 5.33. The lowest BCUT2D eigenvalue weighted by molar-refractivity contribution is 0.0384. The Labute approximate surface area is 54.6 Å². The first-order valence-corrected chi connectivity index (χ1v) is 2.83. The normalized spacial score (nSPS) is 14.1. The van der Waals surface area contributed by atoms with Crippen LogP contribution in [0.1, 0.15) is 6.92 Å². The van der Waals surface area contributed by atoms with Gasteiger partial charge in [0.25, 0.3) is 0 Å². The Bertz CT molecular complexity index is 80.4. The average Bonchev–Trinajstić information content (AvgIpc) is 1.89. The summed E-state index contributed by atoms with van der Waals surface area (Å²) in [6, 6.07) is 0. The van der Waals surface area contributed by atoms with Gasteiger partial charge in [-0.3, -0.25) is 0 Å². The summed E-state index contributed by atoms with van der Waals surface area (Å²) in [6.45, 7) is 1.71. The van der Waals surface area contributed by atoms with Gasteiger partial charge in [-0.1, -0.05) is 6.08 Å². The van der Waals surface area contributed by atoms with Crippen molar-refractivity contribution >= 4 is 0 Å². The molecule has 0 amide bonds. The molecule has 2 N–H and O–H groups in total. The Kier molecular flexibility index (Phi) is 5.26. The monoisotopic (exact) mass is 132 g/mol. The van der Waals surface area contributed by atoms with Crippen LogP contribution in [0.3, 0.4) is 0 Å². The molecule has 1 atom stereocenters. The lowest BCUT2D eigenvalue weighted by Gasteiger charge is -2.04. The summed E-state index contributed by atoms with van der Waals surface area (Å²) < 4.78 is 4.74. The maximum atomic E-state index is 8.68. The first-order valence-electron chi connectivity index (χ1n) is 2.83. The van der Waals surface area contributed by atoms with E-state index in [1.54, 1.807) is 6.08 Å². The molecule has 0 fully saturated rings.